The van der Waals surface area contributed by atoms with E-state index in [9.17, 15) is 9.59 Å². The number of nitrogens with zero attached hydrogens (tertiary/aromatic N) is 1. The predicted molar refractivity (Wildman–Crippen MR) is 75.1 cm³/mol. The second-order valence-corrected chi connectivity index (χ2v) is 5.20. The van der Waals surface area contributed by atoms with E-state index < -0.39 is 12.1 Å². The number of carbonyl (C=O) groups excluding carboxylic acids is 2. The van der Waals surface area contributed by atoms with Gasteiger partial charge in [0, 0.05) is 5.69 Å². The predicted octanol–water partition coefficient (Wildman–Crippen LogP) is 1.93. The molecule has 102 valence electrons. The van der Waals surface area contributed by atoms with E-state index in [-0.39, 0.29) is 11.8 Å². The number of hydrogen-bond acceptors (Lipinski definition) is 2. The number of carbonyl (C=O) groups is 2. The van der Waals surface area contributed by atoms with Gasteiger partial charge in [-0.25, -0.2) is 0 Å². The van der Waals surface area contributed by atoms with Crippen molar-refractivity contribution in [2.75, 3.05) is 4.90 Å². The van der Waals surface area contributed by atoms with Gasteiger partial charge in [0.2, 0.25) is 11.8 Å². The number of nitrogens with one attached hydrogen (secondary N) is 1. The molecule has 1 aliphatic heterocycles. The Morgan fingerprint density at radius 3 is 2.26 bits per heavy atom. The standard InChI is InChI=1S/C15H20N2O2/c1-5-13-15(19)17(11(4)14(18)16-13)12-7-9(2)6-10(3)8-12/h6-8,11,13H,5H2,1-4H3,(H,16,18). The second-order valence-electron chi connectivity index (χ2n) is 5.20. The highest BCUT2D eigenvalue weighted by Crippen LogP contribution is 2.24. The minimum Gasteiger partial charge on any atom is -0.343 e. The van der Waals surface area contributed by atoms with Crippen LogP contribution in [0.2, 0.25) is 0 Å². The zero-order valence-corrected chi connectivity index (χ0v) is 11.9. The van der Waals surface area contributed by atoms with Gasteiger partial charge >= 0.3 is 0 Å². The summed E-state index contributed by atoms with van der Waals surface area (Å²) in [6.45, 7) is 7.65. The Labute approximate surface area is 113 Å². The van der Waals surface area contributed by atoms with E-state index in [0.29, 0.717) is 6.42 Å². The minimum atomic E-state index is -0.462. The van der Waals surface area contributed by atoms with Crippen LogP contribution in [0.1, 0.15) is 31.4 Å². The van der Waals surface area contributed by atoms with E-state index in [1.807, 2.05) is 32.9 Å². The van der Waals surface area contributed by atoms with E-state index >= 15 is 0 Å². The number of rotatable bonds is 2. The van der Waals surface area contributed by atoms with Crippen LogP contribution in [0.15, 0.2) is 18.2 Å². The highest BCUT2D eigenvalue weighted by Gasteiger charge is 2.38. The molecule has 1 aromatic rings. The maximum absolute atomic E-state index is 12.4. The molecule has 0 saturated carbocycles. The van der Waals surface area contributed by atoms with Crippen molar-refractivity contribution in [3.05, 3.63) is 29.3 Å². The fraction of sp³-hybridized carbons (Fsp3) is 0.467. The lowest BCUT2D eigenvalue weighted by Gasteiger charge is -2.37. The molecular weight excluding hydrogens is 240 g/mol. The van der Waals surface area contributed by atoms with Crippen molar-refractivity contribution < 1.29 is 9.59 Å². The summed E-state index contributed by atoms with van der Waals surface area (Å²) in [4.78, 5) is 26.0. The van der Waals surface area contributed by atoms with Crippen LogP contribution in [0.25, 0.3) is 0 Å². The summed E-state index contributed by atoms with van der Waals surface area (Å²) in [7, 11) is 0. The average Bonchev–Trinajstić information content (AvgIpc) is 2.33. The van der Waals surface area contributed by atoms with Crippen LogP contribution in [-0.4, -0.2) is 23.9 Å². The summed E-state index contributed by atoms with van der Waals surface area (Å²) >= 11 is 0. The van der Waals surface area contributed by atoms with Gasteiger partial charge in [-0.05, 0) is 50.5 Å². The molecule has 19 heavy (non-hydrogen) atoms. The summed E-state index contributed by atoms with van der Waals surface area (Å²) in [6.07, 6.45) is 0.610. The van der Waals surface area contributed by atoms with Crippen molar-refractivity contribution in [2.45, 2.75) is 46.2 Å². The highest BCUT2D eigenvalue weighted by atomic mass is 16.2. The summed E-state index contributed by atoms with van der Waals surface area (Å²) in [5.74, 6) is -0.120. The van der Waals surface area contributed by atoms with E-state index in [4.69, 9.17) is 0 Å². The summed E-state index contributed by atoms with van der Waals surface area (Å²) in [5.41, 5.74) is 2.99. The molecule has 2 amide bonds. The number of piperazine rings is 1. The lowest BCUT2D eigenvalue weighted by molar-refractivity contribution is -0.133. The molecule has 0 radical (unpaired) electrons. The van der Waals surface area contributed by atoms with Crippen LogP contribution in [0, 0.1) is 13.8 Å². The lowest BCUT2D eigenvalue weighted by atomic mass is 10.0. The van der Waals surface area contributed by atoms with Gasteiger partial charge in [-0.1, -0.05) is 13.0 Å². The largest absolute Gasteiger partial charge is 0.343 e. The molecule has 1 heterocycles. The summed E-state index contributed by atoms with van der Waals surface area (Å²) < 4.78 is 0. The van der Waals surface area contributed by atoms with Crippen molar-refractivity contribution >= 4 is 17.5 Å². The van der Waals surface area contributed by atoms with Crippen molar-refractivity contribution in [3.8, 4) is 0 Å². The van der Waals surface area contributed by atoms with Crippen LogP contribution >= 0.6 is 0 Å². The Balaban J connectivity index is 2.44. The molecule has 2 unspecified atom stereocenters. The Kier molecular flexibility index (Phi) is 3.60. The van der Waals surface area contributed by atoms with Gasteiger partial charge in [0.1, 0.15) is 12.1 Å². The number of aryl methyl sites for hydroxylation is 2. The fourth-order valence-corrected chi connectivity index (χ4v) is 2.55. The molecule has 1 aliphatic rings. The molecule has 1 aromatic carbocycles. The zero-order valence-electron chi connectivity index (χ0n) is 11.9. The smallest absolute Gasteiger partial charge is 0.250 e. The first-order chi connectivity index (χ1) is 8.93. The molecule has 1 fully saturated rings. The Bertz CT molecular complexity index is 505. The van der Waals surface area contributed by atoms with Crippen LogP contribution in [0.3, 0.4) is 0 Å². The number of anilines is 1. The molecule has 2 atom stereocenters. The fourth-order valence-electron chi connectivity index (χ4n) is 2.55. The first kappa shape index (κ1) is 13.6. The number of amides is 2. The van der Waals surface area contributed by atoms with Crippen LogP contribution < -0.4 is 10.2 Å². The summed E-state index contributed by atoms with van der Waals surface area (Å²) in [6, 6.07) is 5.08. The van der Waals surface area contributed by atoms with Gasteiger partial charge in [0.25, 0.3) is 0 Å². The Morgan fingerprint density at radius 2 is 1.74 bits per heavy atom. The number of benzene rings is 1. The topological polar surface area (TPSA) is 49.4 Å². The molecule has 1 N–H and O–H groups in total. The van der Waals surface area contributed by atoms with Crippen LogP contribution in [0.5, 0.6) is 0 Å². The van der Waals surface area contributed by atoms with E-state index in [1.54, 1.807) is 11.8 Å². The van der Waals surface area contributed by atoms with Gasteiger partial charge in [0.05, 0.1) is 0 Å². The normalized spacial score (nSPS) is 23.5. The van der Waals surface area contributed by atoms with E-state index in [0.717, 1.165) is 16.8 Å². The maximum atomic E-state index is 12.4. The van der Waals surface area contributed by atoms with Crippen molar-refractivity contribution in [2.24, 2.45) is 0 Å². The second kappa shape index (κ2) is 5.03. The molecule has 4 nitrogen and oxygen atoms in total. The third-order valence-corrected chi connectivity index (χ3v) is 3.51. The van der Waals surface area contributed by atoms with E-state index in [1.165, 1.54) is 0 Å². The third kappa shape index (κ3) is 2.48. The Morgan fingerprint density at radius 1 is 1.16 bits per heavy atom. The van der Waals surface area contributed by atoms with Crippen molar-refractivity contribution in [1.29, 1.82) is 0 Å². The van der Waals surface area contributed by atoms with Crippen LogP contribution in [0.4, 0.5) is 5.69 Å². The van der Waals surface area contributed by atoms with Crippen molar-refractivity contribution in [1.82, 2.24) is 5.32 Å². The first-order valence-electron chi connectivity index (χ1n) is 6.65. The third-order valence-electron chi connectivity index (χ3n) is 3.51. The molecule has 0 bridgehead atoms. The molecule has 2 rings (SSSR count). The first-order valence-corrected chi connectivity index (χ1v) is 6.65. The molecule has 0 spiro atoms. The number of hydrogen-bond donors (Lipinski definition) is 1. The minimum absolute atomic E-state index is 0.0281. The molecule has 0 aliphatic carbocycles. The van der Waals surface area contributed by atoms with Crippen molar-refractivity contribution in [3.63, 3.8) is 0 Å². The van der Waals surface area contributed by atoms with Gasteiger partial charge in [-0.15, -0.1) is 0 Å². The molecule has 1 saturated heterocycles. The Hall–Kier alpha value is -1.84. The molecule has 0 aromatic heterocycles. The average molecular weight is 260 g/mol. The van der Waals surface area contributed by atoms with Gasteiger partial charge in [0.15, 0.2) is 0 Å². The highest BCUT2D eigenvalue weighted by molar-refractivity contribution is 6.08. The van der Waals surface area contributed by atoms with Gasteiger partial charge < -0.3 is 5.32 Å². The maximum Gasteiger partial charge on any atom is 0.250 e. The molecular formula is C15H20N2O2. The quantitative estimate of drug-likeness (QED) is 0.883. The monoisotopic (exact) mass is 260 g/mol. The van der Waals surface area contributed by atoms with E-state index in [2.05, 4.69) is 11.4 Å². The molecule has 4 heteroatoms. The van der Waals surface area contributed by atoms with Crippen LogP contribution in [-0.2, 0) is 9.59 Å². The van der Waals surface area contributed by atoms with Gasteiger partial charge in [-0.2, -0.15) is 0 Å². The SMILES string of the molecule is CCC1NC(=O)C(C)N(c2cc(C)cc(C)c2)C1=O. The van der Waals surface area contributed by atoms with Gasteiger partial charge in [-0.3, -0.25) is 14.5 Å². The summed E-state index contributed by atoms with van der Waals surface area (Å²) in [5, 5.41) is 2.76. The zero-order chi connectivity index (χ0) is 14.2. The lowest BCUT2D eigenvalue weighted by Crippen LogP contribution is -2.62.